The van der Waals surface area contributed by atoms with Crippen molar-refractivity contribution in [3.8, 4) is 0 Å². The second-order valence-corrected chi connectivity index (χ2v) is 5.13. The predicted octanol–water partition coefficient (Wildman–Crippen LogP) is 2.25. The van der Waals surface area contributed by atoms with E-state index in [0.717, 1.165) is 37.7 Å². The summed E-state index contributed by atoms with van der Waals surface area (Å²) in [6.07, 6.45) is 1.76. The SMILES string of the molecule is O=C(O)c1cc(N2CCN(c3ccccn3)CC2)ccc1F. The molecule has 0 bridgehead atoms. The number of aromatic nitrogens is 1. The molecular formula is C16H16FN3O2. The summed E-state index contributed by atoms with van der Waals surface area (Å²) in [6.45, 7) is 3.05. The van der Waals surface area contributed by atoms with E-state index in [1.165, 1.54) is 12.1 Å². The molecule has 0 aliphatic carbocycles. The van der Waals surface area contributed by atoms with Gasteiger partial charge in [-0.25, -0.2) is 14.2 Å². The van der Waals surface area contributed by atoms with Crippen molar-refractivity contribution < 1.29 is 14.3 Å². The van der Waals surface area contributed by atoms with E-state index in [1.54, 1.807) is 12.3 Å². The van der Waals surface area contributed by atoms with Gasteiger partial charge in [0.05, 0.1) is 5.56 Å². The number of carboxylic acid groups (broad SMARTS) is 1. The third-order valence-corrected chi connectivity index (χ3v) is 3.80. The highest BCUT2D eigenvalue weighted by Crippen LogP contribution is 2.22. The number of rotatable bonds is 3. The van der Waals surface area contributed by atoms with Crippen LogP contribution < -0.4 is 9.80 Å². The van der Waals surface area contributed by atoms with Crippen molar-refractivity contribution in [1.82, 2.24) is 4.98 Å². The van der Waals surface area contributed by atoms with E-state index < -0.39 is 11.8 Å². The van der Waals surface area contributed by atoms with Crippen molar-refractivity contribution in [2.24, 2.45) is 0 Å². The monoisotopic (exact) mass is 301 g/mol. The molecule has 0 saturated carbocycles. The van der Waals surface area contributed by atoms with E-state index in [4.69, 9.17) is 5.11 Å². The minimum Gasteiger partial charge on any atom is -0.478 e. The predicted molar refractivity (Wildman–Crippen MR) is 82.0 cm³/mol. The number of carboxylic acids is 1. The van der Waals surface area contributed by atoms with E-state index in [2.05, 4.69) is 14.8 Å². The van der Waals surface area contributed by atoms with Gasteiger partial charge in [-0.3, -0.25) is 0 Å². The minimum absolute atomic E-state index is 0.287. The molecule has 2 aromatic rings. The molecule has 1 aromatic heterocycles. The van der Waals surface area contributed by atoms with Gasteiger partial charge in [-0.2, -0.15) is 0 Å². The Kier molecular flexibility index (Phi) is 3.91. The summed E-state index contributed by atoms with van der Waals surface area (Å²) >= 11 is 0. The number of benzene rings is 1. The fraction of sp³-hybridized carbons (Fsp3) is 0.250. The Hall–Kier alpha value is -2.63. The van der Waals surface area contributed by atoms with Crippen molar-refractivity contribution in [2.45, 2.75) is 0 Å². The lowest BCUT2D eigenvalue weighted by molar-refractivity contribution is 0.0692. The molecule has 3 rings (SSSR count). The molecule has 1 fully saturated rings. The number of carbonyl (C=O) groups is 1. The first-order chi connectivity index (χ1) is 10.6. The number of halogens is 1. The Morgan fingerprint density at radius 3 is 2.45 bits per heavy atom. The zero-order valence-corrected chi connectivity index (χ0v) is 11.9. The molecule has 0 radical (unpaired) electrons. The first kappa shape index (κ1) is 14.3. The molecule has 1 aliphatic rings. The number of pyridine rings is 1. The molecule has 0 amide bonds. The largest absolute Gasteiger partial charge is 0.478 e. The van der Waals surface area contributed by atoms with Gasteiger partial charge in [0.15, 0.2) is 0 Å². The van der Waals surface area contributed by atoms with Crippen molar-refractivity contribution in [1.29, 1.82) is 0 Å². The molecule has 1 saturated heterocycles. The van der Waals surface area contributed by atoms with Crippen LogP contribution in [-0.4, -0.2) is 42.2 Å². The number of aromatic carboxylic acids is 1. The van der Waals surface area contributed by atoms with Crippen LogP contribution in [0.25, 0.3) is 0 Å². The summed E-state index contributed by atoms with van der Waals surface area (Å²) in [5, 5.41) is 9.00. The molecule has 114 valence electrons. The topological polar surface area (TPSA) is 56.7 Å². The summed E-state index contributed by atoms with van der Waals surface area (Å²) in [4.78, 5) is 19.6. The molecule has 0 unspecified atom stereocenters. The van der Waals surface area contributed by atoms with E-state index in [-0.39, 0.29) is 5.56 Å². The maximum absolute atomic E-state index is 13.5. The summed E-state index contributed by atoms with van der Waals surface area (Å²) in [5.41, 5.74) is 0.448. The first-order valence-corrected chi connectivity index (χ1v) is 7.09. The zero-order chi connectivity index (χ0) is 15.5. The number of nitrogens with zero attached hydrogens (tertiary/aromatic N) is 3. The van der Waals surface area contributed by atoms with Crippen molar-refractivity contribution in [3.63, 3.8) is 0 Å². The number of anilines is 2. The average Bonchev–Trinajstić information content (AvgIpc) is 2.56. The molecule has 5 nitrogen and oxygen atoms in total. The Morgan fingerprint density at radius 1 is 1.09 bits per heavy atom. The summed E-state index contributed by atoms with van der Waals surface area (Å²) < 4.78 is 13.5. The summed E-state index contributed by atoms with van der Waals surface area (Å²) in [6, 6.07) is 10.0. The lowest BCUT2D eigenvalue weighted by Gasteiger charge is -2.36. The highest BCUT2D eigenvalue weighted by molar-refractivity contribution is 5.89. The Balaban J connectivity index is 1.71. The third kappa shape index (κ3) is 2.86. The van der Waals surface area contributed by atoms with Crippen LogP contribution in [-0.2, 0) is 0 Å². The fourth-order valence-corrected chi connectivity index (χ4v) is 2.61. The normalized spacial score (nSPS) is 15.0. The van der Waals surface area contributed by atoms with Crippen LogP contribution in [0.15, 0.2) is 42.6 Å². The molecule has 22 heavy (non-hydrogen) atoms. The maximum atomic E-state index is 13.5. The highest BCUT2D eigenvalue weighted by Gasteiger charge is 2.20. The quantitative estimate of drug-likeness (QED) is 0.942. The molecule has 0 atom stereocenters. The van der Waals surface area contributed by atoms with Crippen LogP contribution in [0.1, 0.15) is 10.4 Å². The standard InChI is InChI=1S/C16H16FN3O2/c17-14-5-4-12(11-13(14)16(21)22)19-7-9-20(10-8-19)15-3-1-2-6-18-15/h1-6,11H,7-10H2,(H,21,22). The van der Waals surface area contributed by atoms with Gasteiger partial charge in [-0.05, 0) is 30.3 Å². The Bertz CT molecular complexity index is 670. The van der Waals surface area contributed by atoms with Crippen molar-refractivity contribution in [2.75, 3.05) is 36.0 Å². The number of piperazine rings is 1. The smallest absolute Gasteiger partial charge is 0.338 e. The number of hydrogen-bond acceptors (Lipinski definition) is 4. The van der Waals surface area contributed by atoms with Gasteiger partial charge in [0.25, 0.3) is 0 Å². The zero-order valence-electron chi connectivity index (χ0n) is 11.9. The van der Waals surface area contributed by atoms with Gasteiger partial charge in [0.2, 0.25) is 0 Å². The molecular weight excluding hydrogens is 285 g/mol. The maximum Gasteiger partial charge on any atom is 0.338 e. The van der Waals surface area contributed by atoms with Crippen LogP contribution in [0.2, 0.25) is 0 Å². The summed E-state index contributed by atoms with van der Waals surface area (Å²) in [5.74, 6) is -1.01. The van der Waals surface area contributed by atoms with Crippen LogP contribution in [0.3, 0.4) is 0 Å². The molecule has 6 heteroatoms. The lowest BCUT2D eigenvalue weighted by atomic mass is 10.1. The van der Waals surface area contributed by atoms with Crippen LogP contribution >= 0.6 is 0 Å². The molecule has 2 heterocycles. The third-order valence-electron chi connectivity index (χ3n) is 3.80. The van der Waals surface area contributed by atoms with E-state index in [9.17, 15) is 9.18 Å². The van der Waals surface area contributed by atoms with E-state index in [0.29, 0.717) is 0 Å². The van der Waals surface area contributed by atoms with Gasteiger partial charge in [0, 0.05) is 38.1 Å². The van der Waals surface area contributed by atoms with Crippen LogP contribution in [0.4, 0.5) is 15.9 Å². The van der Waals surface area contributed by atoms with Gasteiger partial charge in [0.1, 0.15) is 11.6 Å². The number of hydrogen-bond donors (Lipinski definition) is 1. The molecule has 1 aliphatic heterocycles. The van der Waals surface area contributed by atoms with Crippen LogP contribution in [0, 0.1) is 5.82 Å². The summed E-state index contributed by atoms with van der Waals surface area (Å²) in [7, 11) is 0. The molecule has 1 N–H and O–H groups in total. The van der Waals surface area contributed by atoms with Gasteiger partial charge in [-0.1, -0.05) is 6.07 Å². The average molecular weight is 301 g/mol. The Morgan fingerprint density at radius 2 is 1.82 bits per heavy atom. The fourth-order valence-electron chi connectivity index (χ4n) is 2.61. The molecule has 0 spiro atoms. The second-order valence-electron chi connectivity index (χ2n) is 5.13. The van der Waals surface area contributed by atoms with E-state index in [1.807, 2.05) is 18.2 Å². The lowest BCUT2D eigenvalue weighted by Crippen LogP contribution is -2.46. The Labute approximate surface area is 127 Å². The van der Waals surface area contributed by atoms with Gasteiger partial charge in [-0.15, -0.1) is 0 Å². The van der Waals surface area contributed by atoms with Crippen molar-refractivity contribution >= 4 is 17.5 Å². The van der Waals surface area contributed by atoms with Gasteiger partial charge < -0.3 is 14.9 Å². The van der Waals surface area contributed by atoms with Crippen molar-refractivity contribution in [3.05, 3.63) is 54.0 Å². The van der Waals surface area contributed by atoms with Crippen LogP contribution in [0.5, 0.6) is 0 Å². The van der Waals surface area contributed by atoms with Gasteiger partial charge >= 0.3 is 5.97 Å². The van der Waals surface area contributed by atoms with E-state index >= 15 is 0 Å². The highest BCUT2D eigenvalue weighted by atomic mass is 19.1. The molecule has 1 aromatic carbocycles. The second kappa shape index (κ2) is 6.01. The minimum atomic E-state index is -1.24. The first-order valence-electron chi connectivity index (χ1n) is 7.09.